The number of para-hydroxylation sites is 1. The van der Waals surface area contributed by atoms with Crippen LogP contribution in [0.25, 0.3) is 27.0 Å². The minimum Gasteiger partial charge on any atom is -0.274 e. The predicted octanol–water partition coefficient (Wildman–Crippen LogP) is 4.09. The standard InChI is InChI=1S/C20H16N2O3S2/c1-27(24,25)21-19-18(14-8-4-2-5-9-14)16-12-13-17(23)22(20(16)26-19)15-10-6-3-7-11-15/h2-13,21H,1H3. The summed E-state index contributed by atoms with van der Waals surface area (Å²) in [6, 6.07) is 22.1. The third kappa shape index (κ3) is 3.39. The van der Waals surface area contributed by atoms with Crippen LogP contribution < -0.4 is 10.3 Å². The average molecular weight is 396 g/mol. The summed E-state index contributed by atoms with van der Waals surface area (Å²) in [5.41, 5.74) is 2.22. The molecule has 2 aromatic heterocycles. The summed E-state index contributed by atoms with van der Waals surface area (Å²) < 4.78 is 28.0. The monoisotopic (exact) mass is 396 g/mol. The normalized spacial score (nSPS) is 11.6. The molecule has 0 atom stereocenters. The Morgan fingerprint density at radius 2 is 1.52 bits per heavy atom. The van der Waals surface area contributed by atoms with Crippen LogP contribution in [0.3, 0.4) is 0 Å². The van der Waals surface area contributed by atoms with Crippen LogP contribution in [-0.2, 0) is 10.0 Å². The summed E-state index contributed by atoms with van der Waals surface area (Å²) in [6.07, 6.45) is 1.12. The molecule has 2 heterocycles. The van der Waals surface area contributed by atoms with Crippen LogP contribution in [0.15, 0.2) is 77.6 Å². The highest BCUT2D eigenvalue weighted by Gasteiger charge is 2.19. The van der Waals surface area contributed by atoms with Gasteiger partial charge in [0, 0.05) is 17.0 Å². The Morgan fingerprint density at radius 1 is 0.889 bits per heavy atom. The number of hydrogen-bond acceptors (Lipinski definition) is 4. The van der Waals surface area contributed by atoms with E-state index in [-0.39, 0.29) is 5.56 Å². The van der Waals surface area contributed by atoms with Crippen LogP contribution in [0.5, 0.6) is 0 Å². The molecule has 136 valence electrons. The van der Waals surface area contributed by atoms with E-state index in [2.05, 4.69) is 4.72 Å². The summed E-state index contributed by atoms with van der Waals surface area (Å²) >= 11 is 1.25. The van der Waals surface area contributed by atoms with Crippen molar-refractivity contribution in [2.75, 3.05) is 11.0 Å². The highest BCUT2D eigenvalue weighted by Crippen LogP contribution is 2.43. The third-order valence-electron chi connectivity index (χ3n) is 4.10. The quantitative estimate of drug-likeness (QED) is 0.565. The maximum Gasteiger partial charge on any atom is 0.256 e. The number of aromatic nitrogens is 1. The number of rotatable bonds is 4. The second-order valence-corrected chi connectivity index (χ2v) is 8.86. The van der Waals surface area contributed by atoms with E-state index in [1.165, 1.54) is 17.4 Å². The zero-order valence-corrected chi connectivity index (χ0v) is 16.0. The Bertz CT molecular complexity index is 1280. The first-order valence-corrected chi connectivity index (χ1v) is 10.9. The zero-order valence-electron chi connectivity index (χ0n) is 14.4. The van der Waals surface area contributed by atoms with Crippen LogP contribution in [0.2, 0.25) is 0 Å². The van der Waals surface area contributed by atoms with Crippen molar-refractivity contribution in [3.8, 4) is 16.8 Å². The zero-order chi connectivity index (χ0) is 19.0. The minimum absolute atomic E-state index is 0.166. The van der Waals surface area contributed by atoms with Crippen molar-refractivity contribution < 1.29 is 8.42 Å². The fraction of sp³-hybridized carbons (Fsp3) is 0.0500. The SMILES string of the molecule is CS(=O)(=O)Nc1sc2c(ccc(=O)n2-c2ccccc2)c1-c1ccccc1. The topological polar surface area (TPSA) is 68.2 Å². The second kappa shape index (κ2) is 6.68. The lowest BCUT2D eigenvalue weighted by Crippen LogP contribution is -2.16. The largest absolute Gasteiger partial charge is 0.274 e. The fourth-order valence-electron chi connectivity index (χ4n) is 3.04. The number of nitrogens with zero attached hydrogens (tertiary/aromatic N) is 1. The van der Waals surface area contributed by atoms with Crippen molar-refractivity contribution in [2.24, 2.45) is 0 Å². The number of benzene rings is 2. The number of pyridine rings is 1. The summed E-state index contributed by atoms with van der Waals surface area (Å²) in [4.78, 5) is 13.3. The van der Waals surface area contributed by atoms with Crippen LogP contribution in [-0.4, -0.2) is 19.2 Å². The van der Waals surface area contributed by atoms with E-state index in [1.54, 1.807) is 10.6 Å². The Hall–Kier alpha value is -2.90. The summed E-state index contributed by atoms with van der Waals surface area (Å²) in [5, 5.41) is 1.31. The molecule has 0 unspecified atom stereocenters. The van der Waals surface area contributed by atoms with Gasteiger partial charge >= 0.3 is 0 Å². The Kier molecular flexibility index (Phi) is 4.33. The predicted molar refractivity (Wildman–Crippen MR) is 111 cm³/mol. The highest BCUT2D eigenvalue weighted by molar-refractivity contribution is 7.92. The molecule has 0 saturated carbocycles. The van der Waals surface area contributed by atoms with Crippen molar-refractivity contribution >= 4 is 36.6 Å². The van der Waals surface area contributed by atoms with E-state index >= 15 is 0 Å². The van der Waals surface area contributed by atoms with Gasteiger partial charge < -0.3 is 0 Å². The Labute approximate surface area is 160 Å². The first-order chi connectivity index (χ1) is 12.9. The van der Waals surface area contributed by atoms with Gasteiger partial charge in [-0.05, 0) is 23.8 Å². The van der Waals surface area contributed by atoms with Crippen molar-refractivity contribution in [1.82, 2.24) is 4.57 Å². The number of nitrogens with one attached hydrogen (secondary N) is 1. The van der Waals surface area contributed by atoms with Gasteiger partial charge in [-0.1, -0.05) is 59.9 Å². The molecule has 0 aliphatic carbocycles. The molecule has 0 spiro atoms. The molecule has 0 saturated heterocycles. The lowest BCUT2D eigenvalue weighted by molar-refractivity contribution is 0.607. The Balaban J connectivity index is 2.09. The average Bonchev–Trinajstić information content (AvgIpc) is 2.99. The molecule has 0 amide bonds. The van der Waals surface area contributed by atoms with Crippen molar-refractivity contribution in [2.45, 2.75) is 0 Å². The summed E-state index contributed by atoms with van der Waals surface area (Å²) in [6.45, 7) is 0. The smallest absolute Gasteiger partial charge is 0.256 e. The highest BCUT2D eigenvalue weighted by atomic mass is 32.2. The van der Waals surface area contributed by atoms with E-state index in [9.17, 15) is 13.2 Å². The summed E-state index contributed by atoms with van der Waals surface area (Å²) in [5.74, 6) is 0. The lowest BCUT2D eigenvalue weighted by Gasteiger charge is -2.08. The van der Waals surface area contributed by atoms with Crippen LogP contribution in [0.1, 0.15) is 0 Å². The van der Waals surface area contributed by atoms with Crippen molar-refractivity contribution in [3.05, 3.63) is 83.2 Å². The molecule has 4 rings (SSSR count). The number of hydrogen-bond donors (Lipinski definition) is 1. The summed E-state index contributed by atoms with van der Waals surface area (Å²) in [7, 11) is -3.47. The van der Waals surface area contributed by atoms with Crippen molar-refractivity contribution in [1.29, 1.82) is 0 Å². The van der Waals surface area contributed by atoms with Gasteiger partial charge in [0.1, 0.15) is 9.83 Å². The molecule has 4 aromatic rings. The van der Waals surface area contributed by atoms with Gasteiger partial charge in [-0.25, -0.2) is 8.42 Å². The van der Waals surface area contributed by atoms with Crippen LogP contribution in [0, 0.1) is 0 Å². The van der Waals surface area contributed by atoms with Crippen molar-refractivity contribution in [3.63, 3.8) is 0 Å². The van der Waals surface area contributed by atoms with E-state index in [0.29, 0.717) is 9.83 Å². The molecule has 5 nitrogen and oxygen atoms in total. The lowest BCUT2D eigenvalue weighted by atomic mass is 10.1. The molecule has 2 aromatic carbocycles. The first-order valence-electron chi connectivity index (χ1n) is 8.21. The van der Waals surface area contributed by atoms with Crippen LogP contribution >= 0.6 is 11.3 Å². The molecule has 1 N–H and O–H groups in total. The van der Waals surface area contributed by atoms with Gasteiger partial charge in [-0.2, -0.15) is 0 Å². The van der Waals surface area contributed by atoms with Crippen LogP contribution in [0.4, 0.5) is 5.00 Å². The maximum atomic E-state index is 12.6. The second-order valence-electron chi connectivity index (χ2n) is 6.11. The number of fused-ring (bicyclic) bond motifs is 1. The minimum atomic E-state index is -3.47. The number of sulfonamides is 1. The van der Waals surface area contributed by atoms with Gasteiger partial charge in [0.25, 0.3) is 5.56 Å². The molecule has 0 aliphatic rings. The molecule has 0 radical (unpaired) electrons. The van der Waals surface area contributed by atoms with Gasteiger partial charge in [0.2, 0.25) is 10.0 Å². The molecular weight excluding hydrogens is 380 g/mol. The number of thiophene rings is 1. The maximum absolute atomic E-state index is 12.6. The Morgan fingerprint density at radius 3 is 2.15 bits per heavy atom. The number of anilines is 1. The van der Waals surface area contributed by atoms with Gasteiger partial charge in [0.15, 0.2) is 0 Å². The molecule has 7 heteroatoms. The van der Waals surface area contributed by atoms with Gasteiger partial charge in [0.05, 0.1) is 11.9 Å². The molecule has 0 bridgehead atoms. The van der Waals surface area contributed by atoms with Gasteiger partial charge in [-0.15, -0.1) is 0 Å². The molecule has 0 aliphatic heterocycles. The van der Waals surface area contributed by atoms with Gasteiger partial charge in [-0.3, -0.25) is 14.1 Å². The first kappa shape index (κ1) is 17.5. The molecule has 27 heavy (non-hydrogen) atoms. The third-order valence-corrected chi connectivity index (χ3v) is 5.91. The molecular formula is C20H16N2O3S2. The van der Waals surface area contributed by atoms with E-state index < -0.39 is 10.0 Å². The van der Waals surface area contributed by atoms with E-state index in [1.807, 2.05) is 60.7 Å². The van der Waals surface area contributed by atoms with E-state index in [4.69, 9.17) is 0 Å². The fourth-order valence-corrected chi connectivity index (χ4v) is 5.18. The molecule has 0 fully saturated rings. The van der Waals surface area contributed by atoms with E-state index in [0.717, 1.165) is 28.5 Å².